The third-order valence-electron chi connectivity index (χ3n) is 5.09. The molecule has 1 saturated heterocycles. The maximum absolute atomic E-state index is 12.3. The van der Waals surface area contributed by atoms with Crippen LogP contribution in [0.4, 0.5) is 5.69 Å². The second-order valence-electron chi connectivity index (χ2n) is 7.45. The van der Waals surface area contributed by atoms with Gasteiger partial charge in [-0.1, -0.05) is 12.1 Å². The Bertz CT molecular complexity index is 859. The molecule has 9 heteroatoms. The highest BCUT2D eigenvalue weighted by molar-refractivity contribution is 5.90. The van der Waals surface area contributed by atoms with Crippen molar-refractivity contribution in [2.24, 2.45) is 12.0 Å². The number of carbonyl (C=O) groups excluding carboxylic acids is 1. The van der Waals surface area contributed by atoms with E-state index in [9.17, 15) is 4.79 Å². The lowest BCUT2D eigenvalue weighted by Gasteiger charge is -2.26. The van der Waals surface area contributed by atoms with Crippen LogP contribution < -0.4 is 16.0 Å². The first-order valence-electron chi connectivity index (χ1n) is 10.8. The van der Waals surface area contributed by atoms with Crippen molar-refractivity contribution < 1.29 is 9.53 Å². The number of aryl methyl sites for hydroxylation is 1. The van der Waals surface area contributed by atoms with E-state index in [1.165, 1.54) is 0 Å². The molecule has 0 bridgehead atoms. The van der Waals surface area contributed by atoms with Crippen molar-refractivity contribution in [3.8, 4) is 0 Å². The molecule has 1 amide bonds. The minimum absolute atomic E-state index is 0.0262. The summed E-state index contributed by atoms with van der Waals surface area (Å²) < 4.78 is 7.18. The number of hydrogen-bond acceptors (Lipinski definition) is 5. The van der Waals surface area contributed by atoms with Crippen LogP contribution in [0, 0.1) is 0 Å². The van der Waals surface area contributed by atoms with Crippen molar-refractivity contribution >= 4 is 17.6 Å². The molecule has 3 rings (SSSR count). The van der Waals surface area contributed by atoms with Crippen LogP contribution in [0.2, 0.25) is 0 Å². The fraction of sp³-hybridized carbons (Fsp3) is 0.500. The average molecular weight is 428 g/mol. The van der Waals surface area contributed by atoms with Gasteiger partial charge < -0.3 is 20.7 Å². The zero-order valence-corrected chi connectivity index (χ0v) is 18.4. The molecule has 2 aromatic rings. The molecule has 0 unspecified atom stereocenters. The van der Waals surface area contributed by atoms with Crippen LogP contribution in [-0.2, 0) is 29.7 Å². The van der Waals surface area contributed by atoms with Gasteiger partial charge in [0.05, 0.1) is 32.0 Å². The molecule has 2 heterocycles. The molecule has 0 aliphatic carbocycles. The van der Waals surface area contributed by atoms with Gasteiger partial charge in [0.25, 0.3) is 0 Å². The normalized spacial score (nSPS) is 15.0. The summed E-state index contributed by atoms with van der Waals surface area (Å²) in [5.74, 6) is 0.766. The predicted octanol–water partition coefficient (Wildman–Crippen LogP) is 1.34. The van der Waals surface area contributed by atoms with Crippen LogP contribution in [0.3, 0.4) is 0 Å². The molecule has 0 spiro atoms. The SMILES string of the molecule is CCNC(=NCc1cccc(NC(=O)CCN2CCOCC2)c1)NCc1ccnn1C. The van der Waals surface area contributed by atoms with E-state index < -0.39 is 0 Å². The Balaban J connectivity index is 1.50. The van der Waals surface area contributed by atoms with E-state index in [1.54, 1.807) is 6.20 Å². The number of aromatic nitrogens is 2. The maximum Gasteiger partial charge on any atom is 0.225 e. The number of anilines is 1. The largest absolute Gasteiger partial charge is 0.379 e. The standard InChI is InChI=1S/C22H33N7O2/c1-3-23-22(25-17-20-7-9-26-28(20)2)24-16-18-5-4-6-19(15-18)27-21(30)8-10-29-11-13-31-14-12-29/h4-7,9,15H,3,8,10-14,16-17H2,1-2H3,(H,27,30)(H2,23,24,25). The highest BCUT2D eigenvalue weighted by Crippen LogP contribution is 2.12. The van der Waals surface area contributed by atoms with Crippen molar-refractivity contribution in [1.82, 2.24) is 25.3 Å². The Hall–Kier alpha value is -2.91. The Kier molecular flexibility index (Phi) is 8.86. The second kappa shape index (κ2) is 12.1. The van der Waals surface area contributed by atoms with Crippen molar-refractivity contribution in [2.75, 3.05) is 44.7 Å². The lowest BCUT2D eigenvalue weighted by molar-refractivity contribution is -0.116. The third kappa shape index (κ3) is 7.69. The molecule has 3 N–H and O–H groups in total. The molecule has 1 fully saturated rings. The number of carbonyl (C=O) groups is 1. The van der Waals surface area contributed by atoms with Gasteiger partial charge in [-0.05, 0) is 30.7 Å². The van der Waals surface area contributed by atoms with Gasteiger partial charge in [0, 0.05) is 51.5 Å². The highest BCUT2D eigenvalue weighted by Gasteiger charge is 2.12. The van der Waals surface area contributed by atoms with Crippen LogP contribution in [0.15, 0.2) is 41.5 Å². The Morgan fingerprint density at radius 1 is 1.23 bits per heavy atom. The van der Waals surface area contributed by atoms with E-state index in [2.05, 4.69) is 30.9 Å². The molecular formula is C22H33N7O2. The zero-order chi connectivity index (χ0) is 21.9. The van der Waals surface area contributed by atoms with Gasteiger partial charge in [0.2, 0.25) is 5.91 Å². The molecule has 0 radical (unpaired) electrons. The minimum Gasteiger partial charge on any atom is -0.379 e. The lowest BCUT2D eigenvalue weighted by atomic mass is 10.2. The Morgan fingerprint density at radius 2 is 2.06 bits per heavy atom. The lowest BCUT2D eigenvalue weighted by Crippen LogP contribution is -2.38. The predicted molar refractivity (Wildman–Crippen MR) is 122 cm³/mol. The first-order chi connectivity index (χ1) is 15.1. The molecule has 168 valence electrons. The van der Waals surface area contributed by atoms with Crippen LogP contribution in [0.5, 0.6) is 0 Å². The number of nitrogens with one attached hydrogen (secondary N) is 3. The minimum atomic E-state index is 0.0262. The first kappa shape index (κ1) is 22.8. The van der Waals surface area contributed by atoms with E-state index in [0.717, 1.165) is 62.3 Å². The third-order valence-corrected chi connectivity index (χ3v) is 5.09. The molecule has 1 aliphatic heterocycles. The summed E-state index contributed by atoms with van der Waals surface area (Å²) in [6, 6.07) is 9.81. The Morgan fingerprint density at radius 3 is 2.81 bits per heavy atom. The van der Waals surface area contributed by atoms with Crippen LogP contribution in [0.1, 0.15) is 24.6 Å². The summed E-state index contributed by atoms with van der Waals surface area (Å²) in [4.78, 5) is 19.2. The number of morpholine rings is 1. The van der Waals surface area contributed by atoms with Gasteiger partial charge in [-0.25, -0.2) is 4.99 Å². The van der Waals surface area contributed by atoms with Crippen molar-refractivity contribution in [3.05, 3.63) is 47.8 Å². The molecule has 31 heavy (non-hydrogen) atoms. The molecule has 0 saturated carbocycles. The smallest absolute Gasteiger partial charge is 0.225 e. The van der Waals surface area contributed by atoms with Crippen LogP contribution >= 0.6 is 0 Å². The fourth-order valence-corrected chi connectivity index (χ4v) is 3.32. The van der Waals surface area contributed by atoms with E-state index in [0.29, 0.717) is 19.5 Å². The summed E-state index contributed by atoms with van der Waals surface area (Å²) in [5.41, 5.74) is 2.91. The first-order valence-corrected chi connectivity index (χ1v) is 10.8. The number of hydrogen-bond donors (Lipinski definition) is 3. The molecular weight excluding hydrogens is 394 g/mol. The molecule has 9 nitrogen and oxygen atoms in total. The van der Waals surface area contributed by atoms with E-state index in [4.69, 9.17) is 4.74 Å². The van der Waals surface area contributed by atoms with E-state index in [1.807, 2.05) is 49.0 Å². The monoisotopic (exact) mass is 427 g/mol. The van der Waals surface area contributed by atoms with Gasteiger partial charge in [0.15, 0.2) is 5.96 Å². The molecule has 0 atom stereocenters. The topological polar surface area (TPSA) is 95.8 Å². The fourth-order valence-electron chi connectivity index (χ4n) is 3.32. The zero-order valence-electron chi connectivity index (χ0n) is 18.4. The number of guanidine groups is 1. The maximum atomic E-state index is 12.3. The van der Waals surface area contributed by atoms with Crippen LogP contribution in [0.25, 0.3) is 0 Å². The summed E-state index contributed by atoms with van der Waals surface area (Å²) in [6.07, 6.45) is 2.26. The summed E-state index contributed by atoms with van der Waals surface area (Å²) in [5, 5.41) is 13.8. The van der Waals surface area contributed by atoms with Crippen molar-refractivity contribution in [3.63, 3.8) is 0 Å². The van der Waals surface area contributed by atoms with Gasteiger partial charge >= 0.3 is 0 Å². The quantitative estimate of drug-likeness (QED) is 0.413. The summed E-state index contributed by atoms with van der Waals surface area (Å²) in [6.45, 7) is 8.00. The number of amides is 1. The van der Waals surface area contributed by atoms with Gasteiger partial charge in [0.1, 0.15) is 0 Å². The number of benzene rings is 1. The van der Waals surface area contributed by atoms with Crippen molar-refractivity contribution in [1.29, 1.82) is 0 Å². The number of nitrogens with zero attached hydrogens (tertiary/aromatic N) is 4. The van der Waals surface area contributed by atoms with E-state index >= 15 is 0 Å². The number of rotatable bonds is 9. The molecule has 1 aliphatic rings. The number of ether oxygens (including phenoxy) is 1. The van der Waals surface area contributed by atoms with Crippen LogP contribution in [-0.4, -0.2) is 65.9 Å². The summed E-state index contributed by atoms with van der Waals surface area (Å²) >= 11 is 0. The number of aliphatic imine (C=N–C) groups is 1. The molecule has 1 aromatic carbocycles. The average Bonchev–Trinajstić information content (AvgIpc) is 3.20. The van der Waals surface area contributed by atoms with E-state index in [-0.39, 0.29) is 5.91 Å². The highest BCUT2D eigenvalue weighted by atomic mass is 16.5. The molecule has 1 aromatic heterocycles. The van der Waals surface area contributed by atoms with Gasteiger partial charge in [-0.3, -0.25) is 14.4 Å². The Labute approximate surface area is 183 Å². The second-order valence-corrected chi connectivity index (χ2v) is 7.45. The van der Waals surface area contributed by atoms with Gasteiger partial charge in [-0.2, -0.15) is 5.10 Å². The van der Waals surface area contributed by atoms with Gasteiger partial charge in [-0.15, -0.1) is 0 Å². The summed E-state index contributed by atoms with van der Waals surface area (Å²) in [7, 11) is 1.92. The van der Waals surface area contributed by atoms with Crippen molar-refractivity contribution in [2.45, 2.75) is 26.4 Å².